The maximum absolute atomic E-state index is 12.1. The second-order valence-electron chi connectivity index (χ2n) is 5.50. The highest BCUT2D eigenvalue weighted by Gasteiger charge is 2.24. The highest BCUT2D eigenvalue weighted by Crippen LogP contribution is 2.26. The van der Waals surface area contributed by atoms with Gasteiger partial charge in [-0.25, -0.2) is 0 Å². The molecule has 6 heteroatoms. The molecule has 2 N–H and O–H groups in total. The van der Waals surface area contributed by atoms with Crippen LogP contribution in [0, 0.1) is 5.92 Å². The van der Waals surface area contributed by atoms with Gasteiger partial charge in [-0.2, -0.15) is 0 Å². The minimum atomic E-state index is -0.829. The molecule has 1 atom stereocenters. The molecule has 1 amide bonds. The van der Waals surface area contributed by atoms with E-state index in [4.69, 9.17) is 23.2 Å². The van der Waals surface area contributed by atoms with Gasteiger partial charge in [0.25, 0.3) is 0 Å². The van der Waals surface area contributed by atoms with Crippen molar-refractivity contribution in [2.24, 2.45) is 5.92 Å². The Morgan fingerprint density at radius 2 is 2.10 bits per heavy atom. The van der Waals surface area contributed by atoms with E-state index in [1.165, 1.54) is 0 Å². The summed E-state index contributed by atoms with van der Waals surface area (Å²) in [5.74, 6) is 0.0429. The SMILES string of the molecule is CN1CCC(C(=O)NCC(O)c2ccc(Cl)cc2Cl)CC1. The van der Waals surface area contributed by atoms with Crippen molar-refractivity contribution >= 4 is 29.1 Å². The normalized spacial score (nSPS) is 18.5. The predicted octanol–water partition coefficient (Wildman–Crippen LogP) is 2.48. The number of rotatable bonds is 4. The zero-order valence-electron chi connectivity index (χ0n) is 12.0. The molecular weight excluding hydrogens is 311 g/mol. The van der Waals surface area contributed by atoms with Crippen molar-refractivity contribution in [3.05, 3.63) is 33.8 Å². The van der Waals surface area contributed by atoms with Crippen molar-refractivity contribution in [1.29, 1.82) is 0 Å². The van der Waals surface area contributed by atoms with Crippen LogP contribution in [0.25, 0.3) is 0 Å². The fourth-order valence-electron chi connectivity index (χ4n) is 2.49. The average Bonchev–Trinajstić information content (AvgIpc) is 2.45. The molecule has 0 saturated carbocycles. The highest BCUT2D eigenvalue weighted by atomic mass is 35.5. The van der Waals surface area contributed by atoms with E-state index < -0.39 is 6.10 Å². The van der Waals surface area contributed by atoms with Crippen molar-refractivity contribution in [2.75, 3.05) is 26.7 Å². The van der Waals surface area contributed by atoms with Crippen LogP contribution < -0.4 is 5.32 Å². The smallest absolute Gasteiger partial charge is 0.223 e. The zero-order chi connectivity index (χ0) is 15.4. The predicted molar refractivity (Wildman–Crippen MR) is 84.7 cm³/mol. The third kappa shape index (κ3) is 4.58. The minimum Gasteiger partial charge on any atom is -0.387 e. The molecule has 2 rings (SSSR count). The molecule has 1 aliphatic heterocycles. The van der Waals surface area contributed by atoms with Crippen LogP contribution in [-0.2, 0) is 4.79 Å². The number of benzene rings is 1. The number of halogens is 2. The lowest BCUT2D eigenvalue weighted by molar-refractivity contribution is -0.126. The Kier molecular flexibility index (Phi) is 5.88. The summed E-state index contributed by atoms with van der Waals surface area (Å²) in [4.78, 5) is 14.3. The number of nitrogens with zero attached hydrogens (tertiary/aromatic N) is 1. The zero-order valence-corrected chi connectivity index (χ0v) is 13.5. The number of likely N-dealkylation sites (tertiary alicyclic amines) is 1. The van der Waals surface area contributed by atoms with Crippen molar-refractivity contribution in [2.45, 2.75) is 18.9 Å². The Labute approximate surface area is 135 Å². The number of carbonyl (C=O) groups excluding carboxylic acids is 1. The molecule has 1 heterocycles. The van der Waals surface area contributed by atoms with E-state index in [-0.39, 0.29) is 18.4 Å². The molecule has 1 aliphatic rings. The van der Waals surface area contributed by atoms with E-state index in [9.17, 15) is 9.90 Å². The molecule has 116 valence electrons. The molecule has 0 spiro atoms. The first-order valence-electron chi connectivity index (χ1n) is 7.06. The van der Waals surface area contributed by atoms with Crippen LogP contribution in [0.5, 0.6) is 0 Å². The van der Waals surface area contributed by atoms with Crippen LogP contribution in [0.3, 0.4) is 0 Å². The molecule has 0 aliphatic carbocycles. The summed E-state index contributed by atoms with van der Waals surface area (Å²) < 4.78 is 0. The summed E-state index contributed by atoms with van der Waals surface area (Å²) in [5.41, 5.74) is 0.574. The van der Waals surface area contributed by atoms with E-state index in [1.807, 2.05) is 0 Å². The molecule has 1 fully saturated rings. The summed E-state index contributed by atoms with van der Waals surface area (Å²) in [5, 5.41) is 13.9. The lowest BCUT2D eigenvalue weighted by Gasteiger charge is -2.28. The Morgan fingerprint density at radius 1 is 1.43 bits per heavy atom. The van der Waals surface area contributed by atoms with Crippen LogP contribution >= 0.6 is 23.2 Å². The lowest BCUT2D eigenvalue weighted by Crippen LogP contribution is -2.40. The van der Waals surface area contributed by atoms with Gasteiger partial charge in [-0.1, -0.05) is 29.3 Å². The highest BCUT2D eigenvalue weighted by molar-refractivity contribution is 6.35. The Hall–Kier alpha value is -0.810. The second-order valence-corrected chi connectivity index (χ2v) is 6.35. The van der Waals surface area contributed by atoms with E-state index in [1.54, 1.807) is 18.2 Å². The maximum atomic E-state index is 12.1. The quantitative estimate of drug-likeness (QED) is 0.891. The minimum absolute atomic E-state index is 0.00670. The van der Waals surface area contributed by atoms with Crippen LogP contribution in [-0.4, -0.2) is 42.6 Å². The van der Waals surface area contributed by atoms with Crippen LogP contribution in [0.2, 0.25) is 10.0 Å². The fourth-order valence-corrected chi connectivity index (χ4v) is 3.03. The molecule has 21 heavy (non-hydrogen) atoms. The van der Waals surface area contributed by atoms with E-state index >= 15 is 0 Å². The fraction of sp³-hybridized carbons (Fsp3) is 0.533. The van der Waals surface area contributed by atoms with Crippen LogP contribution in [0.4, 0.5) is 0 Å². The molecule has 0 radical (unpaired) electrons. The third-order valence-electron chi connectivity index (χ3n) is 3.88. The monoisotopic (exact) mass is 330 g/mol. The van der Waals surface area contributed by atoms with Gasteiger partial charge in [0.15, 0.2) is 0 Å². The van der Waals surface area contributed by atoms with Gasteiger partial charge in [-0.05, 0) is 45.1 Å². The van der Waals surface area contributed by atoms with Gasteiger partial charge in [-0.3, -0.25) is 4.79 Å². The average molecular weight is 331 g/mol. The van der Waals surface area contributed by atoms with Gasteiger partial charge in [0.05, 0.1) is 6.10 Å². The van der Waals surface area contributed by atoms with E-state index in [0.29, 0.717) is 15.6 Å². The molecular formula is C15H20Cl2N2O2. The third-order valence-corrected chi connectivity index (χ3v) is 4.44. The van der Waals surface area contributed by atoms with Crippen LogP contribution in [0.15, 0.2) is 18.2 Å². The summed E-state index contributed by atoms with van der Waals surface area (Å²) in [6.45, 7) is 2.03. The standard InChI is InChI=1S/C15H20Cl2N2O2/c1-19-6-4-10(5-7-19)15(21)18-9-14(20)12-3-2-11(16)8-13(12)17/h2-3,8,10,14,20H,4-7,9H2,1H3,(H,18,21). The summed E-state index contributed by atoms with van der Waals surface area (Å²) in [6, 6.07) is 4.93. The number of hydrogen-bond donors (Lipinski definition) is 2. The van der Waals surface area contributed by atoms with Gasteiger partial charge in [0, 0.05) is 28.1 Å². The largest absolute Gasteiger partial charge is 0.387 e. The van der Waals surface area contributed by atoms with E-state index in [2.05, 4.69) is 17.3 Å². The van der Waals surface area contributed by atoms with Crippen molar-refractivity contribution < 1.29 is 9.90 Å². The number of aliphatic hydroxyl groups excluding tert-OH is 1. The summed E-state index contributed by atoms with van der Waals surface area (Å²) in [7, 11) is 2.06. The Morgan fingerprint density at radius 3 is 2.71 bits per heavy atom. The number of hydrogen-bond acceptors (Lipinski definition) is 3. The Balaban J connectivity index is 1.86. The van der Waals surface area contributed by atoms with E-state index in [0.717, 1.165) is 25.9 Å². The molecule has 1 aromatic rings. The van der Waals surface area contributed by atoms with Gasteiger partial charge in [0.2, 0.25) is 5.91 Å². The second kappa shape index (κ2) is 7.45. The summed E-state index contributed by atoms with van der Waals surface area (Å²) in [6.07, 6.45) is 0.894. The Bertz CT molecular complexity index is 502. The van der Waals surface area contributed by atoms with Gasteiger partial charge < -0.3 is 15.3 Å². The molecule has 1 unspecified atom stereocenters. The maximum Gasteiger partial charge on any atom is 0.223 e. The molecule has 1 saturated heterocycles. The lowest BCUT2D eigenvalue weighted by atomic mass is 9.96. The molecule has 0 aromatic heterocycles. The number of carbonyl (C=O) groups is 1. The summed E-state index contributed by atoms with van der Waals surface area (Å²) >= 11 is 11.9. The molecule has 1 aromatic carbocycles. The van der Waals surface area contributed by atoms with Gasteiger partial charge in [0.1, 0.15) is 0 Å². The number of aliphatic hydroxyl groups is 1. The number of piperidine rings is 1. The van der Waals surface area contributed by atoms with Gasteiger partial charge in [-0.15, -0.1) is 0 Å². The van der Waals surface area contributed by atoms with Gasteiger partial charge >= 0.3 is 0 Å². The number of nitrogens with one attached hydrogen (secondary N) is 1. The molecule has 0 bridgehead atoms. The first-order valence-corrected chi connectivity index (χ1v) is 7.82. The topological polar surface area (TPSA) is 52.6 Å². The van der Waals surface area contributed by atoms with Crippen molar-refractivity contribution in [1.82, 2.24) is 10.2 Å². The number of amides is 1. The van der Waals surface area contributed by atoms with Crippen LogP contribution in [0.1, 0.15) is 24.5 Å². The first-order chi connectivity index (χ1) is 9.97. The van der Waals surface area contributed by atoms with Crippen molar-refractivity contribution in [3.63, 3.8) is 0 Å². The molecule has 4 nitrogen and oxygen atoms in total. The van der Waals surface area contributed by atoms with Crippen molar-refractivity contribution in [3.8, 4) is 0 Å². The first kappa shape index (κ1) is 16.6.